The van der Waals surface area contributed by atoms with Crippen molar-refractivity contribution in [2.75, 3.05) is 14.2 Å². The van der Waals surface area contributed by atoms with Gasteiger partial charge in [0.05, 0.1) is 26.3 Å². The zero-order valence-electron chi connectivity index (χ0n) is 19.4. The molecule has 5 aromatic rings. The van der Waals surface area contributed by atoms with Crippen molar-refractivity contribution in [3.05, 3.63) is 106 Å². The Morgan fingerprint density at radius 1 is 0.971 bits per heavy atom. The van der Waals surface area contributed by atoms with Crippen molar-refractivity contribution in [2.24, 2.45) is 0 Å². The number of aromatic nitrogens is 3. The summed E-state index contributed by atoms with van der Waals surface area (Å²) in [5.74, 6) is 1.10. The number of carbonyl (C=O) groups excluding carboxylic acids is 1. The normalized spacial score (nSPS) is 11.0. The van der Waals surface area contributed by atoms with Crippen molar-refractivity contribution >= 4 is 22.6 Å². The fraction of sp³-hybridized carbons (Fsp3) is 0.148. The summed E-state index contributed by atoms with van der Waals surface area (Å²) in [6, 6.07) is 20.1. The van der Waals surface area contributed by atoms with Gasteiger partial charge in [0.1, 0.15) is 17.0 Å². The first kappa shape index (κ1) is 22.2. The minimum absolute atomic E-state index is 0.136. The van der Waals surface area contributed by atoms with Crippen LogP contribution in [0.2, 0.25) is 0 Å². The van der Waals surface area contributed by atoms with Crippen LogP contribution in [0.15, 0.2) is 83.9 Å². The average molecular weight is 469 g/mol. The summed E-state index contributed by atoms with van der Waals surface area (Å²) < 4.78 is 14.1. The van der Waals surface area contributed by atoms with E-state index in [2.05, 4.69) is 10.3 Å². The minimum Gasteiger partial charge on any atom is -0.497 e. The summed E-state index contributed by atoms with van der Waals surface area (Å²) in [7, 11) is 3.17. The van der Waals surface area contributed by atoms with Crippen molar-refractivity contribution < 1.29 is 14.3 Å². The van der Waals surface area contributed by atoms with Gasteiger partial charge in [0.15, 0.2) is 5.65 Å². The maximum atomic E-state index is 13.2. The number of hydrogen-bond acceptors (Lipinski definition) is 5. The van der Waals surface area contributed by atoms with E-state index in [4.69, 9.17) is 9.47 Å². The van der Waals surface area contributed by atoms with Crippen LogP contribution in [0.25, 0.3) is 16.7 Å². The highest BCUT2D eigenvalue weighted by Crippen LogP contribution is 2.24. The van der Waals surface area contributed by atoms with Crippen molar-refractivity contribution in [3.8, 4) is 11.5 Å². The van der Waals surface area contributed by atoms with Gasteiger partial charge < -0.3 is 19.2 Å². The molecule has 1 N–H and O–H groups in total. The molecule has 8 nitrogen and oxygen atoms in total. The largest absolute Gasteiger partial charge is 0.497 e. The van der Waals surface area contributed by atoms with Crippen LogP contribution in [0.4, 0.5) is 0 Å². The molecule has 35 heavy (non-hydrogen) atoms. The van der Waals surface area contributed by atoms with Crippen LogP contribution in [-0.2, 0) is 13.1 Å². The van der Waals surface area contributed by atoms with Gasteiger partial charge in [0, 0.05) is 36.1 Å². The number of benzene rings is 2. The van der Waals surface area contributed by atoms with Gasteiger partial charge in [0.25, 0.3) is 11.5 Å². The van der Waals surface area contributed by atoms with E-state index in [0.717, 1.165) is 16.6 Å². The van der Waals surface area contributed by atoms with Crippen molar-refractivity contribution in [2.45, 2.75) is 13.1 Å². The average Bonchev–Trinajstić information content (AvgIpc) is 3.40. The monoisotopic (exact) mass is 468 g/mol. The molecular formula is C27H24N4O4. The molecule has 3 heterocycles. The van der Waals surface area contributed by atoms with E-state index in [1.54, 1.807) is 49.2 Å². The lowest BCUT2D eigenvalue weighted by Gasteiger charge is -2.13. The number of ether oxygens (including phenoxy) is 2. The Bertz CT molecular complexity index is 1600. The molecule has 0 bridgehead atoms. The lowest BCUT2D eigenvalue weighted by atomic mass is 10.1. The predicted molar refractivity (Wildman–Crippen MR) is 133 cm³/mol. The van der Waals surface area contributed by atoms with E-state index in [0.29, 0.717) is 41.3 Å². The fourth-order valence-corrected chi connectivity index (χ4v) is 4.20. The van der Waals surface area contributed by atoms with Gasteiger partial charge in [-0.1, -0.05) is 12.1 Å². The standard InChI is InChI=1S/C27H24N4O4/c1-34-21-11-10-20(24(15-21)35-2)16-29-26(32)19-7-3-6-18(14-19)17-31-25-22(8-4-12-28-25)30-13-5-9-23(30)27(31)33/h3-15H,16-17H2,1-2H3,(H,29,32). The van der Waals surface area contributed by atoms with Crippen LogP contribution < -0.4 is 20.3 Å². The second-order valence-electron chi connectivity index (χ2n) is 8.06. The summed E-state index contributed by atoms with van der Waals surface area (Å²) in [6.07, 6.45) is 3.53. The summed E-state index contributed by atoms with van der Waals surface area (Å²) in [6.45, 7) is 0.594. The molecule has 0 unspecified atom stereocenters. The molecule has 0 aliphatic rings. The molecule has 3 aromatic heterocycles. The van der Waals surface area contributed by atoms with Gasteiger partial charge in [0.2, 0.25) is 0 Å². The van der Waals surface area contributed by atoms with E-state index in [1.165, 1.54) is 0 Å². The number of pyridine rings is 1. The molecule has 0 aliphatic heterocycles. The molecule has 1 amide bonds. The topological polar surface area (TPSA) is 86.9 Å². The second-order valence-corrected chi connectivity index (χ2v) is 8.06. The Balaban J connectivity index is 1.40. The van der Waals surface area contributed by atoms with Gasteiger partial charge in [-0.3, -0.25) is 14.2 Å². The number of rotatable bonds is 7. The van der Waals surface area contributed by atoms with Crippen LogP contribution in [0.5, 0.6) is 11.5 Å². The summed E-state index contributed by atoms with van der Waals surface area (Å²) in [5.41, 5.74) is 4.03. The number of amides is 1. The zero-order chi connectivity index (χ0) is 24.4. The predicted octanol–water partition coefficient (Wildman–Crippen LogP) is 3.64. The number of methoxy groups -OCH3 is 2. The smallest absolute Gasteiger partial charge is 0.276 e. The third-order valence-corrected chi connectivity index (χ3v) is 5.96. The molecule has 0 radical (unpaired) electrons. The highest BCUT2D eigenvalue weighted by atomic mass is 16.5. The third-order valence-electron chi connectivity index (χ3n) is 5.96. The summed E-state index contributed by atoms with van der Waals surface area (Å²) in [4.78, 5) is 30.6. The third kappa shape index (κ3) is 4.21. The van der Waals surface area contributed by atoms with Crippen molar-refractivity contribution in [1.29, 1.82) is 0 Å². The highest BCUT2D eigenvalue weighted by molar-refractivity contribution is 5.94. The molecule has 176 valence electrons. The first-order valence-electron chi connectivity index (χ1n) is 11.1. The summed E-state index contributed by atoms with van der Waals surface area (Å²) >= 11 is 0. The highest BCUT2D eigenvalue weighted by Gasteiger charge is 2.13. The molecule has 0 saturated carbocycles. The van der Waals surface area contributed by atoms with Gasteiger partial charge >= 0.3 is 0 Å². The quantitative estimate of drug-likeness (QED) is 0.394. The number of carbonyl (C=O) groups is 1. The Morgan fingerprint density at radius 3 is 2.66 bits per heavy atom. The van der Waals surface area contributed by atoms with Gasteiger partial charge in [-0.25, -0.2) is 4.98 Å². The van der Waals surface area contributed by atoms with Crippen LogP contribution >= 0.6 is 0 Å². The summed E-state index contributed by atoms with van der Waals surface area (Å²) in [5, 5.41) is 2.94. The van der Waals surface area contributed by atoms with Crippen LogP contribution in [0.3, 0.4) is 0 Å². The zero-order valence-corrected chi connectivity index (χ0v) is 19.4. The Labute approximate surface area is 201 Å². The molecule has 0 fully saturated rings. The molecule has 0 aliphatic carbocycles. The Kier molecular flexibility index (Phi) is 5.93. The molecular weight excluding hydrogens is 444 g/mol. The van der Waals surface area contributed by atoms with Crippen LogP contribution in [0.1, 0.15) is 21.5 Å². The second kappa shape index (κ2) is 9.34. The van der Waals surface area contributed by atoms with E-state index in [-0.39, 0.29) is 11.5 Å². The van der Waals surface area contributed by atoms with Crippen molar-refractivity contribution in [3.63, 3.8) is 0 Å². The molecule has 8 heteroatoms. The lowest BCUT2D eigenvalue weighted by Crippen LogP contribution is -2.25. The number of nitrogens with zero attached hydrogens (tertiary/aromatic N) is 3. The first-order chi connectivity index (χ1) is 17.1. The lowest BCUT2D eigenvalue weighted by molar-refractivity contribution is 0.0950. The van der Waals surface area contributed by atoms with Gasteiger partial charge in [-0.15, -0.1) is 0 Å². The van der Waals surface area contributed by atoms with Gasteiger partial charge in [-0.05, 0) is 54.1 Å². The van der Waals surface area contributed by atoms with E-state index in [1.807, 2.05) is 53.1 Å². The molecule has 0 atom stereocenters. The van der Waals surface area contributed by atoms with E-state index >= 15 is 0 Å². The number of nitrogens with one attached hydrogen (secondary N) is 1. The van der Waals surface area contributed by atoms with Crippen molar-refractivity contribution in [1.82, 2.24) is 19.3 Å². The molecule has 2 aromatic carbocycles. The Morgan fingerprint density at radius 2 is 1.83 bits per heavy atom. The number of fused-ring (bicyclic) bond motifs is 3. The first-order valence-corrected chi connectivity index (χ1v) is 11.1. The fourth-order valence-electron chi connectivity index (χ4n) is 4.20. The van der Waals surface area contributed by atoms with E-state index in [9.17, 15) is 9.59 Å². The molecule has 5 rings (SSSR count). The van der Waals surface area contributed by atoms with Crippen LogP contribution in [0, 0.1) is 0 Å². The molecule has 0 saturated heterocycles. The maximum absolute atomic E-state index is 13.2. The van der Waals surface area contributed by atoms with Gasteiger partial charge in [-0.2, -0.15) is 0 Å². The number of hydrogen-bond donors (Lipinski definition) is 1. The maximum Gasteiger partial charge on any atom is 0.276 e. The minimum atomic E-state index is -0.220. The Hall–Kier alpha value is -4.59. The SMILES string of the molecule is COc1ccc(CNC(=O)c2cccc(Cn3c(=O)c4cccn4c4cccnc43)c2)c(OC)c1. The van der Waals surface area contributed by atoms with Crippen LogP contribution in [-0.4, -0.2) is 34.1 Å². The molecule has 0 spiro atoms. The van der Waals surface area contributed by atoms with E-state index < -0.39 is 0 Å².